The van der Waals surface area contributed by atoms with Gasteiger partial charge >= 0.3 is 5.97 Å². The van der Waals surface area contributed by atoms with Crippen molar-refractivity contribution in [3.63, 3.8) is 0 Å². The van der Waals surface area contributed by atoms with E-state index < -0.39 is 17.9 Å². The molecule has 7 heteroatoms. The molecule has 0 aliphatic carbocycles. The van der Waals surface area contributed by atoms with Gasteiger partial charge in [0.2, 0.25) is 5.91 Å². The first kappa shape index (κ1) is 13.8. The molecule has 5 N–H and O–H groups in total. The molecule has 2 rings (SSSR count). The molecule has 0 radical (unpaired) electrons. The molecule has 1 unspecified atom stereocenters. The fourth-order valence-corrected chi connectivity index (χ4v) is 1.72. The van der Waals surface area contributed by atoms with Crippen molar-refractivity contribution in [1.82, 2.24) is 10.2 Å². The molecular weight excluding hydrogens is 260 g/mol. The first-order valence-electron chi connectivity index (χ1n) is 5.95. The summed E-state index contributed by atoms with van der Waals surface area (Å²) < 4.78 is 0. The van der Waals surface area contributed by atoms with E-state index >= 15 is 0 Å². The van der Waals surface area contributed by atoms with Gasteiger partial charge in [-0.15, -0.1) is 0 Å². The van der Waals surface area contributed by atoms with Crippen LogP contribution in [0.1, 0.15) is 15.9 Å². The standard InChI is InChI=1S/C13H14N4O3/c14-10(6-8-4-2-1-3-5-8)12(18)16-11-9(13(19)20)7-15-17-11/h1-5,7,10H,6,14H2,(H,19,20)(H2,15,16,17,18). The first-order chi connectivity index (χ1) is 9.58. The van der Waals surface area contributed by atoms with Gasteiger partial charge in [-0.05, 0) is 12.0 Å². The second kappa shape index (κ2) is 5.98. The number of carbonyl (C=O) groups is 2. The molecule has 1 aromatic carbocycles. The monoisotopic (exact) mass is 274 g/mol. The van der Waals surface area contributed by atoms with Gasteiger partial charge in [-0.2, -0.15) is 5.10 Å². The van der Waals surface area contributed by atoms with Gasteiger partial charge in [0.25, 0.3) is 0 Å². The lowest BCUT2D eigenvalue weighted by Gasteiger charge is -2.11. The number of nitrogens with one attached hydrogen (secondary N) is 2. The van der Waals surface area contributed by atoms with Crippen molar-refractivity contribution in [3.8, 4) is 0 Å². The molecule has 1 aromatic heterocycles. The van der Waals surface area contributed by atoms with Gasteiger partial charge in [-0.25, -0.2) is 4.79 Å². The number of aromatic amines is 1. The summed E-state index contributed by atoms with van der Waals surface area (Å²) in [5.41, 5.74) is 6.62. The number of carboxylic acid groups (broad SMARTS) is 1. The van der Waals surface area contributed by atoms with Crippen molar-refractivity contribution >= 4 is 17.7 Å². The predicted octanol–water partition coefficient (Wildman–Crippen LogP) is 0.616. The topological polar surface area (TPSA) is 121 Å². The summed E-state index contributed by atoms with van der Waals surface area (Å²) in [5.74, 6) is -1.61. The fourth-order valence-electron chi connectivity index (χ4n) is 1.72. The molecule has 104 valence electrons. The molecule has 0 bridgehead atoms. The number of aromatic nitrogens is 2. The second-order valence-electron chi connectivity index (χ2n) is 4.25. The Morgan fingerprint density at radius 3 is 2.70 bits per heavy atom. The lowest BCUT2D eigenvalue weighted by molar-refractivity contribution is -0.117. The first-order valence-corrected chi connectivity index (χ1v) is 5.95. The van der Waals surface area contributed by atoms with Crippen LogP contribution >= 0.6 is 0 Å². The number of carboxylic acids is 1. The Labute approximate surface area is 114 Å². The van der Waals surface area contributed by atoms with Crippen molar-refractivity contribution in [3.05, 3.63) is 47.7 Å². The van der Waals surface area contributed by atoms with Crippen molar-refractivity contribution in [2.45, 2.75) is 12.5 Å². The number of nitrogens with zero attached hydrogens (tertiary/aromatic N) is 1. The Morgan fingerprint density at radius 1 is 1.35 bits per heavy atom. The van der Waals surface area contributed by atoms with Crippen molar-refractivity contribution in [2.24, 2.45) is 5.73 Å². The van der Waals surface area contributed by atoms with Gasteiger partial charge in [0.1, 0.15) is 11.4 Å². The van der Waals surface area contributed by atoms with Gasteiger partial charge in [-0.3, -0.25) is 9.89 Å². The third kappa shape index (κ3) is 3.21. The van der Waals surface area contributed by atoms with E-state index in [9.17, 15) is 9.59 Å². The summed E-state index contributed by atoms with van der Waals surface area (Å²) in [6.45, 7) is 0. The van der Waals surface area contributed by atoms with Crippen LogP contribution in [0.25, 0.3) is 0 Å². The molecule has 20 heavy (non-hydrogen) atoms. The molecule has 0 aliphatic rings. The Bertz CT molecular complexity index is 609. The minimum Gasteiger partial charge on any atom is -0.477 e. The van der Waals surface area contributed by atoms with Gasteiger partial charge in [0.05, 0.1) is 12.2 Å². The lowest BCUT2D eigenvalue weighted by Crippen LogP contribution is -2.37. The molecule has 0 saturated heterocycles. The van der Waals surface area contributed by atoms with Gasteiger partial charge < -0.3 is 16.2 Å². The number of nitrogens with two attached hydrogens (primary N) is 1. The third-order valence-electron chi connectivity index (χ3n) is 2.75. The van der Waals surface area contributed by atoms with Gasteiger partial charge in [-0.1, -0.05) is 30.3 Å². The summed E-state index contributed by atoms with van der Waals surface area (Å²) >= 11 is 0. The van der Waals surface area contributed by atoms with E-state index in [4.69, 9.17) is 10.8 Å². The summed E-state index contributed by atoms with van der Waals surface area (Å²) in [7, 11) is 0. The van der Waals surface area contributed by atoms with Gasteiger partial charge in [0.15, 0.2) is 0 Å². The number of anilines is 1. The number of rotatable bonds is 5. The highest BCUT2D eigenvalue weighted by Crippen LogP contribution is 2.11. The van der Waals surface area contributed by atoms with Crippen molar-refractivity contribution < 1.29 is 14.7 Å². The molecule has 1 amide bonds. The SMILES string of the molecule is NC(Cc1ccccc1)C(=O)Nc1[nH]ncc1C(=O)O. The maximum absolute atomic E-state index is 11.9. The third-order valence-corrected chi connectivity index (χ3v) is 2.75. The minimum atomic E-state index is -1.18. The van der Waals surface area contributed by atoms with Crippen LogP contribution in [-0.2, 0) is 11.2 Å². The Balaban J connectivity index is 2.01. The van der Waals surface area contributed by atoms with Gasteiger partial charge in [0, 0.05) is 0 Å². The molecule has 7 nitrogen and oxygen atoms in total. The summed E-state index contributed by atoms with van der Waals surface area (Å²) in [4.78, 5) is 22.8. The average molecular weight is 274 g/mol. The average Bonchev–Trinajstić information content (AvgIpc) is 2.88. The largest absolute Gasteiger partial charge is 0.477 e. The summed E-state index contributed by atoms with van der Waals surface area (Å²) in [6.07, 6.45) is 1.49. The number of hydrogen-bond acceptors (Lipinski definition) is 4. The highest BCUT2D eigenvalue weighted by molar-refractivity contribution is 6.00. The van der Waals surface area contributed by atoms with E-state index in [1.165, 1.54) is 0 Å². The lowest BCUT2D eigenvalue weighted by atomic mass is 10.1. The highest BCUT2D eigenvalue weighted by atomic mass is 16.4. The molecule has 0 fully saturated rings. The van der Waals surface area contributed by atoms with Crippen LogP contribution in [0.15, 0.2) is 36.5 Å². The fraction of sp³-hybridized carbons (Fsp3) is 0.154. The second-order valence-corrected chi connectivity index (χ2v) is 4.25. The number of hydrogen-bond donors (Lipinski definition) is 4. The normalized spacial score (nSPS) is 11.8. The number of H-pyrrole nitrogens is 1. The number of amides is 1. The minimum absolute atomic E-state index is 0.0333. The molecule has 0 aliphatic heterocycles. The zero-order valence-electron chi connectivity index (χ0n) is 10.5. The predicted molar refractivity (Wildman–Crippen MR) is 72.3 cm³/mol. The Kier molecular flexibility index (Phi) is 4.11. The molecule has 1 heterocycles. The van der Waals surface area contributed by atoms with Crippen molar-refractivity contribution in [2.75, 3.05) is 5.32 Å². The Morgan fingerprint density at radius 2 is 2.05 bits per heavy atom. The summed E-state index contributed by atoms with van der Waals surface area (Å²) in [6, 6.07) is 8.55. The molecule has 0 spiro atoms. The van der Waals surface area contributed by atoms with E-state index in [2.05, 4.69) is 15.5 Å². The van der Waals surface area contributed by atoms with E-state index in [0.29, 0.717) is 6.42 Å². The van der Waals surface area contributed by atoms with Crippen molar-refractivity contribution in [1.29, 1.82) is 0 Å². The van der Waals surface area contributed by atoms with Crippen LogP contribution in [0.4, 0.5) is 5.82 Å². The maximum atomic E-state index is 11.9. The zero-order valence-corrected chi connectivity index (χ0v) is 10.5. The van der Waals surface area contributed by atoms with Crippen LogP contribution < -0.4 is 11.1 Å². The number of aromatic carboxylic acids is 1. The summed E-state index contributed by atoms with van der Waals surface area (Å²) in [5, 5.41) is 17.3. The van der Waals surface area contributed by atoms with Crippen LogP contribution in [-0.4, -0.2) is 33.2 Å². The zero-order chi connectivity index (χ0) is 14.5. The maximum Gasteiger partial charge on any atom is 0.341 e. The molecule has 1 atom stereocenters. The molecular formula is C13H14N4O3. The molecule has 2 aromatic rings. The van der Waals surface area contributed by atoms with Crippen LogP contribution in [0.5, 0.6) is 0 Å². The van der Waals surface area contributed by atoms with E-state index in [0.717, 1.165) is 11.8 Å². The van der Waals surface area contributed by atoms with Crippen LogP contribution in [0, 0.1) is 0 Å². The van der Waals surface area contributed by atoms with E-state index in [-0.39, 0.29) is 11.4 Å². The Hall–Kier alpha value is -2.67. The van der Waals surface area contributed by atoms with Crippen LogP contribution in [0.3, 0.4) is 0 Å². The van der Waals surface area contributed by atoms with Crippen LogP contribution in [0.2, 0.25) is 0 Å². The quantitative estimate of drug-likeness (QED) is 0.636. The number of benzene rings is 1. The number of carbonyl (C=O) groups excluding carboxylic acids is 1. The molecule has 0 saturated carbocycles. The highest BCUT2D eigenvalue weighted by Gasteiger charge is 2.19. The van der Waals surface area contributed by atoms with E-state index in [1.807, 2.05) is 30.3 Å². The van der Waals surface area contributed by atoms with E-state index in [1.54, 1.807) is 0 Å². The smallest absolute Gasteiger partial charge is 0.341 e.